The van der Waals surface area contributed by atoms with E-state index in [1.165, 1.54) is 17.8 Å². The maximum absolute atomic E-state index is 13.5. The van der Waals surface area contributed by atoms with Gasteiger partial charge in [0.15, 0.2) is 5.17 Å². The number of amides is 1. The van der Waals surface area contributed by atoms with Crippen LogP contribution in [0, 0.1) is 5.92 Å². The zero-order chi connectivity index (χ0) is 28.8. The van der Waals surface area contributed by atoms with Gasteiger partial charge in [-0.25, -0.2) is 9.79 Å². The van der Waals surface area contributed by atoms with Gasteiger partial charge in [-0.15, -0.1) is 0 Å². The fourth-order valence-electron chi connectivity index (χ4n) is 5.10. The number of methoxy groups -OCH3 is 2. The minimum absolute atomic E-state index is 0.0468. The zero-order valence-corrected chi connectivity index (χ0v) is 24.1. The van der Waals surface area contributed by atoms with Crippen LogP contribution in [0.3, 0.4) is 0 Å². The van der Waals surface area contributed by atoms with Crippen molar-refractivity contribution in [3.63, 3.8) is 0 Å². The van der Waals surface area contributed by atoms with Crippen molar-refractivity contribution in [2.45, 2.75) is 39.2 Å². The minimum Gasteiger partial charge on any atom is -0.497 e. The number of allylic oxidation sites excluding steroid dienone is 1. The first-order valence-corrected chi connectivity index (χ1v) is 14.1. The molecule has 1 aromatic carbocycles. The summed E-state index contributed by atoms with van der Waals surface area (Å²) in [5.41, 5.74) is 2.25. The van der Waals surface area contributed by atoms with Crippen LogP contribution in [0.25, 0.3) is 0 Å². The van der Waals surface area contributed by atoms with E-state index < -0.39 is 12.0 Å². The third-order valence-electron chi connectivity index (χ3n) is 7.01. The van der Waals surface area contributed by atoms with Gasteiger partial charge in [0.05, 0.1) is 50.5 Å². The van der Waals surface area contributed by atoms with Crippen LogP contribution in [0.15, 0.2) is 58.2 Å². The second-order valence-electron chi connectivity index (χ2n) is 9.50. The van der Waals surface area contributed by atoms with E-state index in [-0.39, 0.29) is 30.8 Å². The lowest BCUT2D eigenvalue weighted by molar-refractivity contribution is -0.151. The number of piperidine rings is 1. The third kappa shape index (κ3) is 6.04. The molecule has 3 heterocycles. The molecular formula is C29H35N3O7S. The molecule has 0 bridgehead atoms. The Morgan fingerprint density at radius 1 is 1.20 bits per heavy atom. The molecule has 0 saturated carbocycles. The molecule has 2 unspecified atom stereocenters. The van der Waals surface area contributed by atoms with Gasteiger partial charge in [0.1, 0.15) is 18.1 Å². The Hall–Kier alpha value is -3.73. The number of thioether (sulfide) groups is 1. The molecule has 3 aliphatic rings. The molecule has 1 saturated heterocycles. The Morgan fingerprint density at radius 2 is 2.00 bits per heavy atom. The summed E-state index contributed by atoms with van der Waals surface area (Å²) < 4.78 is 21.8. The Labute approximate surface area is 238 Å². The first-order chi connectivity index (χ1) is 19.3. The number of hydrogen-bond acceptors (Lipinski definition) is 10. The van der Waals surface area contributed by atoms with Crippen molar-refractivity contribution in [2.75, 3.05) is 40.5 Å². The SMILES string of the molecule is C=CCOC(=O)C1=C(C)N=C2SC=C(CC(=O)N3CCCC(C(=O)OCC)C3)N2C1c1ccc(OC)cc1OC. The molecule has 1 fully saturated rings. The van der Waals surface area contributed by atoms with Crippen molar-refractivity contribution < 1.29 is 33.3 Å². The van der Waals surface area contributed by atoms with Gasteiger partial charge in [0.25, 0.3) is 0 Å². The number of carbonyl (C=O) groups is 3. The largest absolute Gasteiger partial charge is 0.497 e. The first-order valence-electron chi connectivity index (χ1n) is 13.2. The molecule has 214 valence electrons. The monoisotopic (exact) mass is 569 g/mol. The molecule has 0 aliphatic carbocycles. The number of fused-ring (bicyclic) bond motifs is 1. The molecule has 3 aliphatic heterocycles. The number of amidine groups is 1. The molecule has 0 radical (unpaired) electrons. The van der Waals surface area contributed by atoms with Gasteiger partial charge in [-0.05, 0) is 44.2 Å². The second-order valence-corrected chi connectivity index (χ2v) is 10.3. The number of carbonyl (C=O) groups excluding carboxylic acids is 3. The Morgan fingerprint density at radius 3 is 2.70 bits per heavy atom. The first kappa shape index (κ1) is 29.3. The van der Waals surface area contributed by atoms with E-state index in [1.807, 2.05) is 16.4 Å². The van der Waals surface area contributed by atoms with Crippen molar-refractivity contribution in [1.29, 1.82) is 0 Å². The molecule has 2 atom stereocenters. The number of esters is 2. The maximum Gasteiger partial charge on any atom is 0.338 e. The highest BCUT2D eigenvalue weighted by atomic mass is 32.2. The van der Waals surface area contributed by atoms with Crippen molar-refractivity contribution >= 4 is 34.8 Å². The van der Waals surface area contributed by atoms with Crippen LogP contribution in [-0.4, -0.2) is 73.3 Å². The lowest BCUT2D eigenvalue weighted by Gasteiger charge is -2.37. The number of rotatable bonds is 10. The van der Waals surface area contributed by atoms with E-state index in [9.17, 15) is 14.4 Å². The summed E-state index contributed by atoms with van der Waals surface area (Å²) in [6, 6.07) is 4.74. The number of likely N-dealkylation sites (tertiary alicyclic amines) is 1. The number of benzene rings is 1. The van der Waals surface area contributed by atoms with Crippen molar-refractivity contribution in [2.24, 2.45) is 10.9 Å². The van der Waals surface area contributed by atoms with Crippen LogP contribution in [0.2, 0.25) is 0 Å². The van der Waals surface area contributed by atoms with Gasteiger partial charge in [-0.3, -0.25) is 9.59 Å². The number of ether oxygens (including phenoxy) is 4. The Balaban J connectivity index is 1.67. The van der Waals surface area contributed by atoms with Crippen LogP contribution >= 0.6 is 11.8 Å². The van der Waals surface area contributed by atoms with Crippen molar-refractivity contribution in [3.05, 3.63) is 58.8 Å². The molecule has 40 heavy (non-hydrogen) atoms. The number of aliphatic imine (C=N–C) groups is 1. The van der Waals surface area contributed by atoms with Gasteiger partial charge >= 0.3 is 11.9 Å². The number of nitrogens with zero attached hydrogens (tertiary/aromatic N) is 3. The predicted molar refractivity (Wildman–Crippen MR) is 152 cm³/mol. The van der Waals surface area contributed by atoms with Crippen LogP contribution in [0.4, 0.5) is 0 Å². The quantitative estimate of drug-likeness (QED) is 0.303. The molecule has 10 nitrogen and oxygen atoms in total. The standard InChI is InChI=1S/C29H35N3O7S/c1-6-13-39-28(35)25-18(3)30-29-32(26(25)22-11-10-21(36-4)15-23(22)37-5)20(17-40-29)14-24(33)31-12-8-9-19(16-31)27(34)38-7-2/h6,10-11,15,17,19,26H,1,7-9,12-14,16H2,2-5H3. The average molecular weight is 570 g/mol. The highest BCUT2D eigenvalue weighted by Gasteiger charge is 2.43. The van der Waals surface area contributed by atoms with E-state index in [0.29, 0.717) is 65.3 Å². The Bertz CT molecular complexity index is 1270. The van der Waals surface area contributed by atoms with E-state index in [4.69, 9.17) is 23.9 Å². The Kier molecular flexibility index (Phi) is 9.57. The van der Waals surface area contributed by atoms with Gasteiger partial charge in [-0.1, -0.05) is 24.4 Å². The van der Waals surface area contributed by atoms with Crippen molar-refractivity contribution in [1.82, 2.24) is 9.80 Å². The van der Waals surface area contributed by atoms with Gasteiger partial charge in [-0.2, -0.15) is 0 Å². The summed E-state index contributed by atoms with van der Waals surface area (Å²) in [6.45, 7) is 8.44. The molecule has 1 amide bonds. The third-order valence-corrected chi connectivity index (χ3v) is 7.90. The highest BCUT2D eigenvalue weighted by molar-refractivity contribution is 8.16. The second kappa shape index (κ2) is 13.1. The lowest BCUT2D eigenvalue weighted by atomic mass is 9.92. The van der Waals surface area contributed by atoms with E-state index in [2.05, 4.69) is 6.58 Å². The van der Waals surface area contributed by atoms with Gasteiger partial charge in [0, 0.05) is 30.4 Å². The summed E-state index contributed by atoms with van der Waals surface area (Å²) >= 11 is 1.39. The molecular weight excluding hydrogens is 534 g/mol. The average Bonchev–Trinajstić information content (AvgIpc) is 3.36. The van der Waals surface area contributed by atoms with Crippen LogP contribution in [-0.2, 0) is 23.9 Å². The fourth-order valence-corrected chi connectivity index (χ4v) is 6.07. The van der Waals surface area contributed by atoms with Crippen molar-refractivity contribution in [3.8, 4) is 11.5 Å². The molecule has 11 heteroatoms. The van der Waals surface area contributed by atoms with E-state index >= 15 is 0 Å². The van der Waals surface area contributed by atoms with E-state index in [0.717, 1.165) is 6.42 Å². The van der Waals surface area contributed by atoms with Crippen LogP contribution in [0.5, 0.6) is 11.5 Å². The zero-order valence-electron chi connectivity index (χ0n) is 23.3. The minimum atomic E-state index is -0.659. The smallest absolute Gasteiger partial charge is 0.338 e. The topological polar surface area (TPSA) is 107 Å². The highest BCUT2D eigenvalue weighted by Crippen LogP contribution is 2.47. The summed E-state index contributed by atoms with van der Waals surface area (Å²) in [6.07, 6.45) is 3.01. The van der Waals surface area contributed by atoms with Crippen LogP contribution < -0.4 is 9.47 Å². The molecule has 0 aromatic heterocycles. The summed E-state index contributed by atoms with van der Waals surface area (Å²) in [5, 5.41) is 2.53. The van der Waals surface area contributed by atoms with Gasteiger partial charge < -0.3 is 28.7 Å². The number of hydrogen-bond donors (Lipinski definition) is 0. The molecule has 0 N–H and O–H groups in total. The normalized spacial score (nSPS) is 20.3. The predicted octanol–water partition coefficient (Wildman–Crippen LogP) is 4.20. The molecule has 1 aromatic rings. The maximum atomic E-state index is 13.5. The van der Waals surface area contributed by atoms with Crippen LogP contribution in [0.1, 0.15) is 44.7 Å². The molecule has 0 spiro atoms. The fraction of sp³-hybridized carbons (Fsp3) is 0.448. The lowest BCUT2D eigenvalue weighted by Crippen LogP contribution is -2.44. The summed E-state index contributed by atoms with van der Waals surface area (Å²) in [5.74, 6) is -0.113. The van der Waals surface area contributed by atoms with E-state index in [1.54, 1.807) is 45.1 Å². The molecule has 4 rings (SSSR count). The van der Waals surface area contributed by atoms with Gasteiger partial charge in [0.2, 0.25) is 5.91 Å². The summed E-state index contributed by atoms with van der Waals surface area (Å²) in [7, 11) is 3.12. The summed E-state index contributed by atoms with van der Waals surface area (Å²) in [4.78, 5) is 47.5.